The van der Waals surface area contributed by atoms with E-state index in [1.165, 1.54) is 26.2 Å². The van der Waals surface area contributed by atoms with Crippen LogP contribution >= 0.6 is 0 Å². The molecule has 1 aromatic carbocycles. The van der Waals surface area contributed by atoms with E-state index in [0.29, 0.717) is 11.1 Å². The number of fused-ring (bicyclic) bond motifs is 2. The Kier molecular flexibility index (Phi) is 4.91. The van der Waals surface area contributed by atoms with Crippen LogP contribution in [0.15, 0.2) is 33.5 Å². The Labute approximate surface area is 171 Å². The molecule has 10 heteroatoms. The minimum atomic E-state index is -0.967. The Bertz CT molecular complexity index is 1060. The Morgan fingerprint density at radius 3 is 2.57 bits per heavy atom. The molecule has 2 aliphatic rings. The van der Waals surface area contributed by atoms with Crippen LogP contribution in [-0.4, -0.2) is 49.4 Å². The van der Waals surface area contributed by atoms with Gasteiger partial charge in [0.15, 0.2) is 6.10 Å². The molecule has 2 aliphatic heterocycles. The monoisotopic (exact) mass is 419 g/mol. The van der Waals surface area contributed by atoms with Crippen LogP contribution in [0.2, 0.25) is 0 Å². The van der Waals surface area contributed by atoms with Gasteiger partial charge in [0, 0.05) is 25.5 Å². The van der Waals surface area contributed by atoms with E-state index in [-0.39, 0.29) is 17.2 Å². The maximum Gasteiger partial charge on any atom is 0.509 e. The number of methoxy groups -OCH3 is 1. The lowest BCUT2D eigenvalue weighted by molar-refractivity contribution is -0.282. The highest BCUT2D eigenvalue weighted by molar-refractivity contribution is 5.91. The second-order valence-electron chi connectivity index (χ2n) is 7.61. The zero-order valence-electron chi connectivity index (χ0n) is 16.8. The topological polar surface area (TPSA) is 123 Å². The third kappa shape index (κ3) is 3.59. The van der Waals surface area contributed by atoms with Gasteiger partial charge in [0.05, 0.1) is 5.60 Å². The normalized spacial score (nSPS) is 27.1. The molecular formula is C20H21NO9. The van der Waals surface area contributed by atoms with Gasteiger partial charge in [-0.05, 0) is 32.0 Å². The van der Waals surface area contributed by atoms with E-state index in [0.717, 1.165) is 0 Å². The molecule has 4 rings (SSSR count). The van der Waals surface area contributed by atoms with Crippen LogP contribution in [0.5, 0.6) is 5.75 Å². The number of ether oxygens (including phenoxy) is 5. The number of anilines is 1. The number of amides is 1. The molecule has 0 aliphatic carbocycles. The highest BCUT2D eigenvalue weighted by Crippen LogP contribution is 2.38. The highest BCUT2D eigenvalue weighted by Gasteiger charge is 2.58. The minimum Gasteiger partial charge on any atom is -0.461 e. The average molecular weight is 419 g/mol. The number of nitrogens with one attached hydrogen (secondary N) is 1. The Balaban J connectivity index is 1.62. The molecule has 4 atom stereocenters. The van der Waals surface area contributed by atoms with Gasteiger partial charge in [-0.25, -0.2) is 9.59 Å². The molecule has 2 saturated heterocycles. The summed E-state index contributed by atoms with van der Waals surface area (Å²) in [7, 11) is 1.50. The van der Waals surface area contributed by atoms with Crippen LogP contribution in [0.3, 0.4) is 0 Å². The van der Waals surface area contributed by atoms with Crippen molar-refractivity contribution >= 4 is 28.7 Å². The largest absolute Gasteiger partial charge is 0.509 e. The Hall–Kier alpha value is -3.11. The van der Waals surface area contributed by atoms with Gasteiger partial charge >= 0.3 is 11.8 Å². The number of carbonyl (C=O) groups is 2. The smallest absolute Gasteiger partial charge is 0.461 e. The summed E-state index contributed by atoms with van der Waals surface area (Å²) in [6.45, 7) is 4.89. The molecule has 30 heavy (non-hydrogen) atoms. The van der Waals surface area contributed by atoms with E-state index >= 15 is 0 Å². The second kappa shape index (κ2) is 7.29. The molecule has 10 nitrogen and oxygen atoms in total. The average Bonchev–Trinajstić information content (AvgIpc) is 3.03. The van der Waals surface area contributed by atoms with Crippen molar-refractivity contribution in [1.29, 1.82) is 0 Å². The molecule has 0 radical (unpaired) electrons. The summed E-state index contributed by atoms with van der Waals surface area (Å²) in [6, 6.07) is 6.34. The lowest BCUT2D eigenvalue weighted by Gasteiger charge is -2.45. The summed E-state index contributed by atoms with van der Waals surface area (Å²) < 4.78 is 33.2. The Morgan fingerprint density at radius 2 is 1.87 bits per heavy atom. The molecule has 2 aromatic rings. The number of hydrogen-bond donors (Lipinski definition) is 1. The summed E-state index contributed by atoms with van der Waals surface area (Å²) >= 11 is 0. The van der Waals surface area contributed by atoms with E-state index < -0.39 is 42.0 Å². The highest BCUT2D eigenvalue weighted by atomic mass is 16.8. The van der Waals surface area contributed by atoms with Gasteiger partial charge in [0.2, 0.25) is 18.3 Å². The summed E-state index contributed by atoms with van der Waals surface area (Å²) in [5.74, 6) is -0.0489. The van der Waals surface area contributed by atoms with E-state index in [9.17, 15) is 14.4 Å². The molecule has 2 unspecified atom stereocenters. The first-order valence-corrected chi connectivity index (χ1v) is 9.28. The number of rotatable bonds is 4. The first-order chi connectivity index (χ1) is 14.2. The molecular weight excluding hydrogens is 398 g/mol. The number of benzene rings is 1. The minimum absolute atomic E-state index is 0.0458. The van der Waals surface area contributed by atoms with E-state index in [1.54, 1.807) is 26.0 Å². The van der Waals surface area contributed by atoms with Crippen molar-refractivity contribution in [2.45, 2.75) is 51.0 Å². The van der Waals surface area contributed by atoms with Crippen molar-refractivity contribution in [3.8, 4) is 5.75 Å². The Morgan fingerprint density at radius 1 is 1.13 bits per heavy atom. The molecule has 2 fully saturated rings. The first-order valence-electron chi connectivity index (χ1n) is 9.28. The number of hydrogen-bond acceptors (Lipinski definition) is 9. The van der Waals surface area contributed by atoms with Gasteiger partial charge < -0.3 is 33.4 Å². The lowest BCUT2D eigenvalue weighted by atomic mass is 9.89. The summed E-state index contributed by atoms with van der Waals surface area (Å²) in [6.07, 6.45) is -3.87. The summed E-state index contributed by atoms with van der Waals surface area (Å²) in [5, 5.41) is 3.01. The van der Waals surface area contributed by atoms with Crippen LogP contribution in [0.25, 0.3) is 11.0 Å². The van der Waals surface area contributed by atoms with Crippen molar-refractivity contribution in [2.75, 3.05) is 12.4 Å². The fourth-order valence-corrected chi connectivity index (χ4v) is 3.74. The van der Waals surface area contributed by atoms with Crippen molar-refractivity contribution in [2.24, 2.45) is 0 Å². The lowest BCUT2D eigenvalue weighted by Crippen LogP contribution is -2.62. The maximum atomic E-state index is 12.1. The van der Waals surface area contributed by atoms with Crippen LogP contribution in [-0.2, 0) is 23.7 Å². The molecule has 3 heterocycles. The van der Waals surface area contributed by atoms with E-state index in [2.05, 4.69) is 5.32 Å². The molecule has 160 valence electrons. The van der Waals surface area contributed by atoms with Crippen LogP contribution in [0.1, 0.15) is 20.8 Å². The summed E-state index contributed by atoms with van der Waals surface area (Å²) in [4.78, 5) is 35.0. The van der Waals surface area contributed by atoms with Gasteiger partial charge in [-0.15, -0.1) is 0 Å². The van der Waals surface area contributed by atoms with Crippen LogP contribution < -0.4 is 15.7 Å². The van der Waals surface area contributed by atoms with E-state index in [4.69, 9.17) is 28.1 Å². The van der Waals surface area contributed by atoms with Gasteiger partial charge in [0.25, 0.3) is 0 Å². The van der Waals surface area contributed by atoms with Crippen molar-refractivity contribution in [1.82, 2.24) is 0 Å². The molecule has 0 saturated carbocycles. The van der Waals surface area contributed by atoms with Crippen molar-refractivity contribution in [3.05, 3.63) is 34.7 Å². The molecule has 1 amide bonds. The predicted molar refractivity (Wildman–Crippen MR) is 102 cm³/mol. The van der Waals surface area contributed by atoms with Gasteiger partial charge in [-0.1, -0.05) is 0 Å². The van der Waals surface area contributed by atoms with Crippen LogP contribution in [0.4, 0.5) is 10.5 Å². The quantitative estimate of drug-likeness (QED) is 0.587. The molecule has 0 bridgehead atoms. The SMILES string of the molecule is CO[C@@H]1C2OC(=O)O[C@@H]2C(Oc2ccc3cc(NC(C)=O)c(=O)oc3c2)OC1(C)C. The molecule has 1 N–H and O–H groups in total. The number of carbonyl (C=O) groups excluding carboxylic acids is 2. The zero-order valence-corrected chi connectivity index (χ0v) is 16.8. The third-order valence-corrected chi connectivity index (χ3v) is 4.98. The van der Waals surface area contributed by atoms with Gasteiger partial charge in [-0.3, -0.25) is 4.79 Å². The third-order valence-electron chi connectivity index (χ3n) is 4.98. The summed E-state index contributed by atoms with van der Waals surface area (Å²) in [5.41, 5.74) is -1.21. The van der Waals surface area contributed by atoms with E-state index in [1.807, 2.05) is 0 Å². The fourth-order valence-electron chi connectivity index (χ4n) is 3.74. The van der Waals surface area contributed by atoms with Gasteiger partial charge in [0.1, 0.15) is 23.1 Å². The van der Waals surface area contributed by atoms with Crippen molar-refractivity contribution < 1.29 is 37.7 Å². The van der Waals surface area contributed by atoms with Crippen LogP contribution in [0, 0.1) is 0 Å². The molecule has 0 spiro atoms. The molecule has 1 aromatic heterocycles. The maximum absolute atomic E-state index is 12.1. The zero-order chi connectivity index (χ0) is 21.6. The predicted octanol–water partition coefficient (Wildman–Crippen LogP) is 2.18. The van der Waals surface area contributed by atoms with Crippen molar-refractivity contribution in [3.63, 3.8) is 0 Å². The van der Waals surface area contributed by atoms with Gasteiger partial charge in [-0.2, -0.15) is 0 Å². The fraction of sp³-hybridized carbons (Fsp3) is 0.450. The standard InChI is InChI=1S/C20H21NO9/c1-9(22)21-12-7-10-5-6-11(8-13(10)27-17(12)23)26-18-15-14(28-19(24)29-15)16(25-4)20(2,3)30-18/h5-8,14-16,18H,1-4H3,(H,21,22)/t14?,15-,16+,18?/m0/s1. The first kappa shape index (κ1) is 20.2. The second-order valence-corrected chi connectivity index (χ2v) is 7.61.